The van der Waals surface area contributed by atoms with Crippen molar-refractivity contribution in [3.05, 3.63) is 0 Å². The molecule has 2 aliphatic heterocycles. The van der Waals surface area contributed by atoms with Gasteiger partial charge in [0.2, 0.25) is 0 Å². The number of fused-ring (bicyclic) bond motifs is 1. The van der Waals surface area contributed by atoms with Gasteiger partial charge in [0.05, 0.1) is 0 Å². The van der Waals surface area contributed by atoms with Crippen molar-refractivity contribution in [1.29, 1.82) is 0.594 Å². The Morgan fingerprint density at radius 2 is 3.50 bits per heavy atom. The van der Waals surface area contributed by atoms with E-state index >= 15 is 0 Å². The molecule has 2 rings (SSSR count). The maximum absolute atomic E-state index is 7.15. The molecule has 0 N–H and O–H groups in total. The van der Waals surface area contributed by atoms with E-state index < -0.39 is 20.2 Å². The second kappa shape index (κ2) is 0.516. The number of rotatable bonds is 0. The fourth-order valence-electron chi connectivity index (χ4n) is 0.172. The van der Waals surface area contributed by atoms with Crippen molar-refractivity contribution >= 4 is 30.0 Å². The number of hydrogen-bond acceptors (Lipinski definition) is 0. The van der Waals surface area contributed by atoms with Crippen molar-refractivity contribution in [2.75, 3.05) is 6.04 Å². The van der Waals surface area contributed by atoms with Crippen LogP contribution in [0.15, 0.2) is 0 Å². The van der Waals surface area contributed by atoms with E-state index in [4.69, 9.17) is 1.96 Å². The SMILES string of the molecule is [2H]C1B2P1I2[2H]. The van der Waals surface area contributed by atoms with Gasteiger partial charge in [-0.3, -0.25) is 0 Å². The van der Waals surface area contributed by atoms with Crippen molar-refractivity contribution < 1.29 is 1.37 Å². The Bertz CT molecular complexity index is 79.5. The van der Waals surface area contributed by atoms with E-state index in [0.29, 0.717) is 6.04 Å². The van der Waals surface area contributed by atoms with Gasteiger partial charge >= 0.3 is 38.0 Å². The minimum absolute atomic E-state index is 0.164. The molecule has 0 spiro atoms. The summed E-state index contributed by atoms with van der Waals surface area (Å²) in [4.78, 5) is 0. The van der Waals surface area contributed by atoms with E-state index in [2.05, 4.69) is 0 Å². The average molecular weight is 186 g/mol. The van der Waals surface area contributed by atoms with Crippen molar-refractivity contribution in [2.24, 2.45) is 0 Å². The molecule has 0 aromatic rings. The molecular formula is CH3BIP. The first-order valence-corrected chi connectivity index (χ1v) is 6.75. The Hall–Kier alpha value is 1.22. The Morgan fingerprint density at radius 1 is 2.75 bits per heavy atom. The number of hydrogen-bond donors (Lipinski definition) is 0. The normalized spacial score (nSPS) is 83.0. The topological polar surface area (TPSA) is 0 Å². The summed E-state index contributed by atoms with van der Waals surface area (Å²) in [6.45, 7) is 0. The van der Waals surface area contributed by atoms with Crippen LogP contribution in [0.3, 0.4) is 0 Å². The molecule has 0 aromatic heterocycles. The zero-order valence-electron chi connectivity index (χ0n) is 3.98. The molecule has 2 atom stereocenters. The van der Waals surface area contributed by atoms with E-state index in [0.717, 1.165) is 4.29 Å². The maximum atomic E-state index is 7.15. The van der Waals surface area contributed by atoms with Gasteiger partial charge in [0, 0.05) is 0 Å². The zero-order valence-corrected chi connectivity index (χ0v) is 5.03. The van der Waals surface area contributed by atoms with E-state index in [1.807, 2.05) is 0 Å². The van der Waals surface area contributed by atoms with Crippen LogP contribution in [0.4, 0.5) is 0 Å². The second-order valence-electron chi connectivity index (χ2n) is 0.964. The Kier molecular flexibility index (Phi) is 0.178. The van der Waals surface area contributed by atoms with Gasteiger partial charge in [0.25, 0.3) is 0 Å². The van der Waals surface area contributed by atoms with Gasteiger partial charge in [-0.1, -0.05) is 0 Å². The van der Waals surface area contributed by atoms with Crippen molar-refractivity contribution in [1.82, 2.24) is 0 Å². The monoisotopic (exact) mass is 186 g/mol. The second-order valence-corrected chi connectivity index (χ2v) is 10.0. The van der Waals surface area contributed by atoms with Crippen LogP contribution in [0.25, 0.3) is 0 Å². The van der Waals surface area contributed by atoms with Gasteiger partial charge in [-0.2, -0.15) is 0 Å². The quantitative estimate of drug-likeness (QED) is 0.302. The summed E-state index contributed by atoms with van der Waals surface area (Å²) >= 11 is -0.953. The van der Waals surface area contributed by atoms with Gasteiger partial charge in [0.1, 0.15) is 0 Å². The molecule has 0 saturated carbocycles. The molecule has 0 radical (unpaired) electrons. The van der Waals surface area contributed by atoms with Crippen LogP contribution in [0.5, 0.6) is 0 Å². The van der Waals surface area contributed by atoms with E-state index in [9.17, 15) is 0 Å². The molecule has 2 heterocycles. The molecule has 3 heteroatoms. The average Bonchev–Trinajstić information content (AvgIpc) is 2.28. The molecule has 0 bridgehead atoms. The van der Waals surface area contributed by atoms with Gasteiger partial charge in [0.15, 0.2) is 0 Å². The Balaban J connectivity index is 2.06. The predicted octanol–water partition coefficient (Wildman–Crippen LogP) is 1.14. The molecule has 4 heavy (non-hydrogen) atoms. The first-order chi connectivity index (χ1) is 2.82. The molecule has 0 amide bonds. The summed E-state index contributed by atoms with van der Waals surface area (Å²) in [7, 11) is 0. The van der Waals surface area contributed by atoms with Crippen LogP contribution < -0.4 is 0 Å². The van der Waals surface area contributed by atoms with Gasteiger partial charge in [-0.25, -0.2) is 0 Å². The summed E-state index contributed by atoms with van der Waals surface area (Å²) in [5.41, 5.74) is 0.164. The summed E-state index contributed by atoms with van der Waals surface area (Å²) in [6.07, 6.45) is 0. The molecule has 22 valence electrons. The summed E-state index contributed by atoms with van der Waals surface area (Å²) in [6, 6.07) is 0.322. The van der Waals surface area contributed by atoms with Crippen LogP contribution in [-0.4, -0.2) is 10.9 Å². The Morgan fingerprint density at radius 3 is 3.50 bits per heavy atom. The van der Waals surface area contributed by atoms with Crippen molar-refractivity contribution in [3.63, 3.8) is 0 Å². The fraction of sp³-hybridized carbons (Fsp3) is 1.00. The standard InChI is InChI=1S/CH3BIP/c1-2-3-4(1)2/h3H,1H2/i1D,3D. The summed E-state index contributed by atoms with van der Waals surface area (Å²) < 4.78 is 14.9. The first-order valence-electron chi connectivity index (χ1n) is 2.19. The van der Waals surface area contributed by atoms with Crippen LogP contribution in [0.1, 0.15) is 1.37 Å². The van der Waals surface area contributed by atoms with Gasteiger partial charge in [-0.05, 0) is 0 Å². The molecular weight excluding hydrogens is 181 g/mol. The summed E-state index contributed by atoms with van der Waals surface area (Å²) in [5.74, 6) is 0. The van der Waals surface area contributed by atoms with E-state index in [1.165, 1.54) is 0 Å². The molecule has 0 aliphatic carbocycles. The van der Waals surface area contributed by atoms with Crippen LogP contribution in [0.2, 0.25) is 0 Å². The number of halogens is 1. The zero-order chi connectivity index (χ0) is 4.31. The van der Waals surface area contributed by atoms with Gasteiger partial charge in [-0.15, -0.1) is 0 Å². The molecule has 2 fully saturated rings. The van der Waals surface area contributed by atoms with Crippen LogP contribution in [0, 0.1) is 0 Å². The van der Waals surface area contributed by atoms with Crippen molar-refractivity contribution in [2.45, 2.75) is 0 Å². The van der Waals surface area contributed by atoms with Crippen LogP contribution >= 0.6 is 25.7 Å². The molecule has 2 aliphatic rings. The predicted molar refractivity (Wildman–Crippen MR) is 33.0 cm³/mol. The summed E-state index contributed by atoms with van der Waals surface area (Å²) in [5, 5.41) is 0. The molecule has 2 unspecified atom stereocenters. The van der Waals surface area contributed by atoms with Crippen LogP contribution in [-0.2, 0) is 0 Å². The van der Waals surface area contributed by atoms with E-state index in [1.54, 1.807) is 0 Å². The third-order valence-electron chi connectivity index (χ3n) is 0.585. The Labute approximate surface area is 38.3 Å². The van der Waals surface area contributed by atoms with E-state index in [-0.39, 0.29) is 5.44 Å². The minimum atomic E-state index is -0.953. The third kappa shape index (κ3) is 0.188. The molecule has 2 saturated heterocycles. The molecule has 0 aromatic carbocycles. The fourth-order valence-corrected chi connectivity index (χ4v) is 5.49. The van der Waals surface area contributed by atoms with Crippen molar-refractivity contribution in [3.8, 4) is 0 Å². The third-order valence-corrected chi connectivity index (χ3v) is 9.21. The van der Waals surface area contributed by atoms with Gasteiger partial charge < -0.3 is 0 Å². The molecule has 0 nitrogen and oxygen atoms in total. The first kappa shape index (κ1) is 1.38.